The van der Waals surface area contributed by atoms with Gasteiger partial charge in [0.15, 0.2) is 11.6 Å². The summed E-state index contributed by atoms with van der Waals surface area (Å²) in [5, 5.41) is 7.28. The van der Waals surface area contributed by atoms with Crippen molar-refractivity contribution in [2.24, 2.45) is 0 Å². The van der Waals surface area contributed by atoms with Crippen molar-refractivity contribution in [1.82, 2.24) is 14.8 Å². The van der Waals surface area contributed by atoms with Crippen molar-refractivity contribution in [2.45, 2.75) is 6.92 Å². The van der Waals surface area contributed by atoms with Crippen molar-refractivity contribution in [2.75, 3.05) is 12.4 Å². The Kier molecular flexibility index (Phi) is 3.92. The molecule has 0 radical (unpaired) electrons. The summed E-state index contributed by atoms with van der Waals surface area (Å²) in [5.74, 6) is -0.792. The van der Waals surface area contributed by atoms with Gasteiger partial charge in [-0.1, -0.05) is 6.07 Å². The van der Waals surface area contributed by atoms with Crippen molar-refractivity contribution in [3.63, 3.8) is 0 Å². The molecule has 0 fully saturated rings. The van der Waals surface area contributed by atoms with Crippen LogP contribution in [0.4, 0.5) is 20.4 Å². The smallest absolute Gasteiger partial charge is 0.246 e. The van der Waals surface area contributed by atoms with E-state index < -0.39 is 11.6 Å². The number of hydrogen-bond acceptors (Lipinski definition) is 4. The Morgan fingerprint density at radius 1 is 1.09 bits per heavy atom. The van der Waals surface area contributed by atoms with Crippen LogP contribution >= 0.6 is 0 Å². The second-order valence-electron chi connectivity index (χ2n) is 4.92. The first kappa shape index (κ1) is 15.0. The van der Waals surface area contributed by atoms with Crippen molar-refractivity contribution < 1.29 is 13.5 Å². The first-order valence-electron chi connectivity index (χ1n) is 6.85. The third-order valence-corrected chi connectivity index (χ3v) is 3.35. The van der Waals surface area contributed by atoms with Gasteiger partial charge in [-0.2, -0.15) is 4.98 Å². The standard InChI is InChI=1S/C16H14F2N4O/c1-10-3-5-12(23-2)8-15(10)20-16-19-9-22(21-16)11-4-6-13(17)14(18)7-11/h3-9H,1-2H3,(H,20,21). The quantitative estimate of drug-likeness (QED) is 0.799. The average molecular weight is 316 g/mol. The van der Waals surface area contributed by atoms with E-state index in [4.69, 9.17) is 4.74 Å². The highest BCUT2D eigenvalue weighted by atomic mass is 19.2. The van der Waals surface area contributed by atoms with Crippen LogP contribution in [0.25, 0.3) is 5.69 Å². The summed E-state index contributed by atoms with van der Waals surface area (Å²) in [6.45, 7) is 1.94. The van der Waals surface area contributed by atoms with Gasteiger partial charge in [0.05, 0.1) is 12.8 Å². The third kappa shape index (κ3) is 3.13. The Bertz CT molecular complexity index is 848. The van der Waals surface area contributed by atoms with Gasteiger partial charge >= 0.3 is 0 Å². The van der Waals surface area contributed by atoms with Crippen LogP contribution in [0.1, 0.15) is 5.56 Å². The fourth-order valence-electron chi connectivity index (χ4n) is 2.06. The molecule has 1 heterocycles. The minimum absolute atomic E-state index is 0.339. The number of ether oxygens (including phenoxy) is 1. The molecule has 0 aliphatic carbocycles. The summed E-state index contributed by atoms with van der Waals surface area (Å²) in [6.07, 6.45) is 1.42. The summed E-state index contributed by atoms with van der Waals surface area (Å²) in [5.41, 5.74) is 2.18. The molecule has 0 aliphatic heterocycles. The summed E-state index contributed by atoms with van der Waals surface area (Å²) >= 11 is 0. The summed E-state index contributed by atoms with van der Waals surface area (Å²) < 4.78 is 32.8. The Labute approximate surface area is 131 Å². The number of nitrogens with one attached hydrogen (secondary N) is 1. The van der Waals surface area contributed by atoms with Gasteiger partial charge in [0.25, 0.3) is 0 Å². The zero-order valence-corrected chi connectivity index (χ0v) is 12.5. The normalized spacial score (nSPS) is 10.6. The second-order valence-corrected chi connectivity index (χ2v) is 4.92. The van der Waals surface area contributed by atoms with Crippen LogP contribution in [-0.4, -0.2) is 21.9 Å². The summed E-state index contributed by atoms with van der Waals surface area (Å²) in [4.78, 5) is 4.12. The number of benzene rings is 2. The minimum atomic E-state index is -0.934. The van der Waals surface area contributed by atoms with E-state index in [0.29, 0.717) is 17.4 Å². The minimum Gasteiger partial charge on any atom is -0.497 e. The predicted octanol–water partition coefficient (Wildman–Crippen LogP) is 3.61. The van der Waals surface area contributed by atoms with Crippen LogP contribution in [0.3, 0.4) is 0 Å². The van der Waals surface area contributed by atoms with E-state index >= 15 is 0 Å². The lowest BCUT2D eigenvalue weighted by molar-refractivity contribution is 0.415. The molecule has 7 heteroatoms. The van der Waals surface area contributed by atoms with E-state index in [9.17, 15) is 8.78 Å². The van der Waals surface area contributed by atoms with Crippen molar-refractivity contribution in [3.05, 3.63) is 59.9 Å². The highest BCUT2D eigenvalue weighted by Gasteiger charge is 2.08. The lowest BCUT2D eigenvalue weighted by Gasteiger charge is -2.08. The van der Waals surface area contributed by atoms with Gasteiger partial charge in [-0.25, -0.2) is 13.5 Å². The Balaban J connectivity index is 1.86. The lowest BCUT2D eigenvalue weighted by Crippen LogP contribution is -1.99. The number of hydrogen-bond donors (Lipinski definition) is 1. The molecule has 0 atom stereocenters. The topological polar surface area (TPSA) is 52.0 Å². The van der Waals surface area contributed by atoms with E-state index in [1.165, 1.54) is 17.1 Å². The lowest BCUT2D eigenvalue weighted by atomic mass is 10.2. The third-order valence-electron chi connectivity index (χ3n) is 3.35. The zero-order chi connectivity index (χ0) is 16.4. The predicted molar refractivity (Wildman–Crippen MR) is 82.3 cm³/mol. The van der Waals surface area contributed by atoms with Crippen LogP contribution in [0.5, 0.6) is 5.75 Å². The number of aryl methyl sites for hydroxylation is 1. The molecule has 0 aliphatic rings. The van der Waals surface area contributed by atoms with E-state index in [-0.39, 0.29) is 0 Å². The van der Waals surface area contributed by atoms with Gasteiger partial charge in [-0.3, -0.25) is 0 Å². The highest BCUT2D eigenvalue weighted by Crippen LogP contribution is 2.24. The molecular formula is C16H14F2N4O. The van der Waals surface area contributed by atoms with Gasteiger partial charge in [-0.05, 0) is 30.7 Å². The molecule has 1 N–H and O–H groups in total. The van der Waals surface area contributed by atoms with Gasteiger partial charge in [0, 0.05) is 17.8 Å². The van der Waals surface area contributed by atoms with Gasteiger partial charge in [0.1, 0.15) is 12.1 Å². The van der Waals surface area contributed by atoms with E-state index in [2.05, 4.69) is 15.4 Å². The van der Waals surface area contributed by atoms with E-state index in [0.717, 1.165) is 23.4 Å². The molecule has 3 rings (SSSR count). The average Bonchev–Trinajstić information content (AvgIpc) is 3.01. The number of halogens is 2. The number of aromatic nitrogens is 3. The second kappa shape index (κ2) is 6.04. The molecule has 118 valence electrons. The molecule has 0 unspecified atom stereocenters. The molecule has 3 aromatic rings. The maximum absolute atomic E-state index is 13.3. The van der Waals surface area contributed by atoms with E-state index in [1.807, 2.05) is 25.1 Å². The van der Waals surface area contributed by atoms with Gasteiger partial charge in [-0.15, -0.1) is 5.10 Å². The molecule has 0 bridgehead atoms. The fraction of sp³-hybridized carbons (Fsp3) is 0.125. The Hall–Kier alpha value is -2.96. The van der Waals surface area contributed by atoms with Gasteiger partial charge < -0.3 is 10.1 Å². The molecule has 2 aromatic carbocycles. The fourth-order valence-corrected chi connectivity index (χ4v) is 2.06. The molecule has 1 aromatic heterocycles. The van der Waals surface area contributed by atoms with Crippen LogP contribution in [0, 0.1) is 18.6 Å². The maximum atomic E-state index is 13.3. The molecule has 0 amide bonds. The largest absolute Gasteiger partial charge is 0.497 e. The van der Waals surface area contributed by atoms with E-state index in [1.54, 1.807) is 7.11 Å². The Morgan fingerprint density at radius 3 is 2.65 bits per heavy atom. The molecule has 0 saturated heterocycles. The van der Waals surface area contributed by atoms with Crippen LogP contribution in [-0.2, 0) is 0 Å². The van der Waals surface area contributed by atoms with Crippen molar-refractivity contribution in [3.8, 4) is 11.4 Å². The first-order chi connectivity index (χ1) is 11.1. The maximum Gasteiger partial charge on any atom is 0.246 e. The highest BCUT2D eigenvalue weighted by molar-refractivity contribution is 5.60. The van der Waals surface area contributed by atoms with Crippen LogP contribution < -0.4 is 10.1 Å². The number of rotatable bonds is 4. The molecule has 23 heavy (non-hydrogen) atoms. The van der Waals surface area contributed by atoms with Crippen molar-refractivity contribution in [1.29, 1.82) is 0 Å². The summed E-state index contributed by atoms with van der Waals surface area (Å²) in [6, 6.07) is 9.12. The molecule has 0 saturated carbocycles. The number of methoxy groups -OCH3 is 1. The molecular weight excluding hydrogens is 302 g/mol. The van der Waals surface area contributed by atoms with Crippen LogP contribution in [0.2, 0.25) is 0 Å². The Morgan fingerprint density at radius 2 is 1.91 bits per heavy atom. The monoisotopic (exact) mass is 316 g/mol. The molecule has 0 spiro atoms. The first-order valence-corrected chi connectivity index (χ1v) is 6.85. The van der Waals surface area contributed by atoms with Crippen LogP contribution in [0.15, 0.2) is 42.7 Å². The SMILES string of the molecule is COc1ccc(C)c(Nc2ncn(-c3ccc(F)c(F)c3)n2)c1. The number of anilines is 2. The molecule has 5 nitrogen and oxygen atoms in total. The zero-order valence-electron chi connectivity index (χ0n) is 12.5. The van der Waals surface area contributed by atoms with Crippen molar-refractivity contribution >= 4 is 11.6 Å². The summed E-state index contributed by atoms with van der Waals surface area (Å²) in [7, 11) is 1.59. The van der Waals surface area contributed by atoms with Gasteiger partial charge in [0.2, 0.25) is 5.95 Å². The number of nitrogens with zero attached hydrogens (tertiary/aromatic N) is 3.